The number of anilines is 2. The highest BCUT2D eigenvalue weighted by atomic mass is 16.6. The van der Waals surface area contributed by atoms with Crippen LogP contribution in [0.2, 0.25) is 0 Å². The summed E-state index contributed by atoms with van der Waals surface area (Å²) in [5.74, 6) is 0. The van der Waals surface area contributed by atoms with E-state index in [1.807, 2.05) is 26.0 Å². The highest BCUT2D eigenvalue weighted by molar-refractivity contribution is 5.66. The summed E-state index contributed by atoms with van der Waals surface area (Å²) in [5.41, 5.74) is 6.32. The predicted molar refractivity (Wildman–Crippen MR) is 82.8 cm³/mol. The van der Waals surface area contributed by atoms with Gasteiger partial charge in [-0.15, -0.1) is 0 Å². The molecule has 4 N–H and O–H groups in total. The maximum absolute atomic E-state index is 10.8. The lowest BCUT2D eigenvalue weighted by molar-refractivity contribution is -0.383. The minimum absolute atomic E-state index is 0.0191. The van der Waals surface area contributed by atoms with Crippen molar-refractivity contribution in [3.63, 3.8) is 0 Å². The van der Waals surface area contributed by atoms with Gasteiger partial charge in [-0.1, -0.05) is 26.0 Å². The number of aliphatic hydroxyl groups is 1. The monoisotopic (exact) mass is 281 g/mol. The van der Waals surface area contributed by atoms with Crippen LogP contribution in [-0.4, -0.2) is 23.2 Å². The number of rotatable bonds is 7. The van der Waals surface area contributed by atoms with Crippen molar-refractivity contribution >= 4 is 17.1 Å². The number of nitrogens with two attached hydrogens (primary N) is 1. The smallest absolute Gasteiger partial charge is 0.294 e. The van der Waals surface area contributed by atoms with Crippen molar-refractivity contribution in [1.82, 2.24) is 0 Å². The normalized spacial score (nSPS) is 9.95. The molecule has 112 valence electrons. The van der Waals surface area contributed by atoms with E-state index < -0.39 is 4.92 Å². The number of hydrogen-bond donors (Lipinski definition) is 3. The third-order valence-corrected chi connectivity index (χ3v) is 2.31. The Morgan fingerprint density at radius 1 is 1.35 bits per heavy atom. The summed E-state index contributed by atoms with van der Waals surface area (Å²) in [6.07, 6.45) is 5.16. The molecule has 0 atom stereocenters. The van der Waals surface area contributed by atoms with Gasteiger partial charge in [0.15, 0.2) is 0 Å². The Kier molecular flexibility index (Phi) is 9.68. The van der Waals surface area contributed by atoms with Crippen LogP contribution in [0.15, 0.2) is 30.4 Å². The van der Waals surface area contributed by atoms with Crippen LogP contribution in [-0.2, 0) is 0 Å². The van der Waals surface area contributed by atoms with E-state index in [2.05, 4.69) is 5.32 Å². The molecule has 1 rings (SSSR count). The Hall–Kier alpha value is -2.08. The summed E-state index contributed by atoms with van der Waals surface area (Å²) in [6, 6.07) is 4.56. The van der Waals surface area contributed by atoms with Crippen molar-refractivity contribution in [3.05, 3.63) is 40.5 Å². The molecule has 0 aromatic heterocycles. The third kappa shape index (κ3) is 6.75. The number of nitrogens with one attached hydrogen (secondary N) is 1. The Balaban J connectivity index is 0.00000172. The average molecular weight is 281 g/mol. The molecule has 6 heteroatoms. The van der Waals surface area contributed by atoms with Gasteiger partial charge in [0.1, 0.15) is 5.69 Å². The van der Waals surface area contributed by atoms with Gasteiger partial charge in [0.2, 0.25) is 0 Å². The molecular weight excluding hydrogens is 258 g/mol. The summed E-state index contributed by atoms with van der Waals surface area (Å²) in [5, 5.41) is 22.4. The largest absolute Gasteiger partial charge is 0.399 e. The van der Waals surface area contributed by atoms with Gasteiger partial charge in [-0.3, -0.25) is 10.1 Å². The van der Waals surface area contributed by atoms with Crippen molar-refractivity contribution in [2.24, 2.45) is 0 Å². The molecule has 0 aliphatic carbocycles. The quantitative estimate of drug-likeness (QED) is 0.234. The molecular formula is C14H23N3O3. The number of aliphatic hydroxyl groups excluding tert-OH is 1. The van der Waals surface area contributed by atoms with Crippen molar-refractivity contribution in [1.29, 1.82) is 0 Å². The first-order chi connectivity index (χ1) is 9.65. The van der Waals surface area contributed by atoms with E-state index in [1.54, 1.807) is 12.1 Å². The summed E-state index contributed by atoms with van der Waals surface area (Å²) in [7, 11) is 0. The van der Waals surface area contributed by atoms with Crippen LogP contribution >= 0.6 is 0 Å². The van der Waals surface area contributed by atoms with E-state index in [0.29, 0.717) is 24.3 Å². The predicted octanol–water partition coefficient (Wildman–Crippen LogP) is 2.94. The molecule has 0 saturated heterocycles. The second kappa shape index (κ2) is 10.8. The van der Waals surface area contributed by atoms with E-state index in [-0.39, 0.29) is 12.3 Å². The SMILES string of the molecule is CC.Nc1ccc(NCC/C=C/CCO)c([N+](=O)[O-])c1. The number of nitrogen functional groups attached to an aromatic ring is 1. The molecule has 0 saturated carbocycles. The zero-order chi connectivity index (χ0) is 15.4. The van der Waals surface area contributed by atoms with Crippen molar-refractivity contribution in [2.75, 3.05) is 24.2 Å². The third-order valence-electron chi connectivity index (χ3n) is 2.31. The molecule has 0 aliphatic heterocycles. The Morgan fingerprint density at radius 3 is 2.60 bits per heavy atom. The van der Waals surface area contributed by atoms with Crippen LogP contribution < -0.4 is 11.1 Å². The van der Waals surface area contributed by atoms with Gasteiger partial charge in [0, 0.05) is 24.9 Å². The highest BCUT2D eigenvalue weighted by Gasteiger charge is 2.12. The van der Waals surface area contributed by atoms with Crippen LogP contribution in [0.25, 0.3) is 0 Å². The molecule has 0 spiro atoms. The fraction of sp³-hybridized carbons (Fsp3) is 0.429. The topological polar surface area (TPSA) is 101 Å². The molecule has 20 heavy (non-hydrogen) atoms. The number of nitro benzene ring substituents is 1. The minimum atomic E-state index is -0.458. The fourth-order valence-corrected chi connectivity index (χ4v) is 1.45. The molecule has 0 unspecified atom stereocenters. The summed E-state index contributed by atoms with van der Waals surface area (Å²) in [6.45, 7) is 4.72. The molecule has 1 aromatic rings. The second-order valence-corrected chi connectivity index (χ2v) is 3.73. The lowest BCUT2D eigenvalue weighted by Gasteiger charge is -2.06. The molecule has 6 nitrogen and oxygen atoms in total. The first kappa shape index (κ1) is 17.9. The van der Waals surface area contributed by atoms with Crippen molar-refractivity contribution in [3.8, 4) is 0 Å². The van der Waals surface area contributed by atoms with E-state index in [1.165, 1.54) is 6.07 Å². The van der Waals surface area contributed by atoms with E-state index in [9.17, 15) is 10.1 Å². The minimum Gasteiger partial charge on any atom is -0.399 e. The lowest BCUT2D eigenvalue weighted by Crippen LogP contribution is -2.04. The van der Waals surface area contributed by atoms with Gasteiger partial charge in [0.05, 0.1) is 4.92 Å². The maximum atomic E-state index is 10.8. The van der Waals surface area contributed by atoms with Crippen LogP contribution in [0.1, 0.15) is 26.7 Å². The second-order valence-electron chi connectivity index (χ2n) is 3.73. The maximum Gasteiger partial charge on any atom is 0.294 e. The van der Waals surface area contributed by atoms with Gasteiger partial charge in [0.25, 0.3) is 5.69 Å². The average Bonchev–Trinajstić information content (AvgIpc) is 2.46. The standard InChI is InChI=1S/C12H17N3O3.C2H6/c13-10-5-6-11(12(9-10)15(17)18)14-7-3-1-2-4-8-16;1-2/h1-2,5-6,9,14,16H,3-4,7-8,13H2;1-2H3/b2-1+;. The van der Waals surface area contributed by atoms with Gasteiger partial charge < -0.3 is 16.2 Å². The van der Waals surface area contributed by atoms with Gasteiger partial charge in [-0.25, -0.2) is 0 Å². The summed E-state index contributed by atoms with van der Waals surface area (Å²) in [4.78, 5) is 10.4. The molecule has 0 amide bonds. The van der Waals surface area contributed by atoms with Gasteiger partial charge >= 0.3 is 0 Å². The first-order valence-electron chi connectivity index (χ1n) is 6.69. The van der Waals surface area contributed by atoms with Crippen LogP contribution in [0, 0.1) is 10.1 Å². The van der Waals surface area contributed by atoms with Crippen LogP contribution in [0.5, 0.6) is 0 Å². The molecule has 0 heterocycles. The number of nitro groups is 1. The number of hydrogen-bond acceptors (Lipinski definition) is 5. The van der Waals surface area contributed by atoms with E-state index in [4.69, 9.17) is 10.8 Å². The van der Waals surface area contributed by atoms with Crippen molar-refractivity contribution in [2.45, 2.75) is 26.7 Å². The zero-order valence-electron chi connectivity index (χ0n) is 12.0. The molecule has 0 bridgehead atoms. The van der Waals surface area contributed by atoms with Crippen LogP contribution in [0.3, 0.4) is 0 Å². The van der Waals surface area contributed by atoms with Crippen molar-refractivity contribution < 1.29 is 10.0 Å². The summed E-state index contributed by atoms with van der Waals surface area (Å²) >= 11 is 0. The molecule has 0 radical (unpaired) electrons. The highest BCUT2D eigenvalue weighted by Crippen LogP contribution is 2.26. The lowest BCUT2D eigenvalue weighted by atomic mass is 10.2. The van der Waals surface area contributed by atoms with E-state index in [0.717, 1.165) is 6.42 Å². The Labute approximate surface area is 119 Å². The van der Waals surface area contributed by atoms with Gasteiger partial charge in [-0.2, -0.15) is 0 Å². The van der Waals surface area contributed by atoms with Gasteiger partial charge in [-0.05, 0) is 25.0 Å². The van der Waals surface area contributed by atoms with E-state index >= 15 is 0 Å². The number of nitrogens with zero attached hydrogens (tertiary/aromatic N) is 1. The summed E-state index contributed by atoms with van der Waals surface area (Å²) < 4.78 is 0. The zero-order valence-corrected chi connectivity index (χ0v) is 12.0. The Bertz CT molecular complexity index is 434. The fourth-order valence-electron chi connectivity index (χ4n) is 1.45. The molecule has 0 fully saturated rings. The molecule has 0 aliphatic rings. The number of benzene rings is 1. The first-order valence-corrected chi connectivity index (χ1v) is 6.69. The molecule has 1 aromatic carbocycles. The Morgan fingerprint density at radius 2 is 2.00 bits per heavy atom. The van der Waals surface area contributed by atoms with Crippen LogP contribution in [0.4, 0.5) is 17.1 Å².